The van der Waals surface area contributed by atoms with E-state index < -0.39 is 10.0 Å². The number of nitrogens with two attached hydrogens (primary N) is 1. The lowest BCUT2D eigenvalue weighted by molar-refractivity contribution is 0.196. The molecule has 2 rings (SSSR count). The van der Waals surface area contributed by atoms with Gasteiger partial charge in [-0.15, -0.1) is 0 Å². The number of hydrogen-bond acceptors (Lipinski definition) is 3. The molecule has 2 N–H and O–H groups in total. The number of rotatable bonds is 3. The van der Waals surface area contributed by atoms with Gasteiger partial charge in [0, 0.05) is 38.6 Å². The number of aryl methyl sites for hydroxylation is 1. The summed E-state index contributed by atoms with van der Waals surface area (Å²) in [6, 6.07) is 1.68. The van der Waals surface area contributed by atoms with Crippen molar-refractivity contribution in [3.05, 3.63) is 18.0 Å². The van der Waals surface area contributed by atoms with Crippen LogP contribution in [0.25, 0.3) is 0 Å². The highest BCUT2D eigenvalue weighted by atomic mass is 32.2. The summed E-state index contributed by atoms with van der Waals surface area (Å²) in [5.41, 5.74) is 6.66. The van der Waals surface area contributed by atoms with Gasteiger partial charge in [0.25, 0.3) is 0 Å². The average Bonchev–Trinajstić information content (AvgIpc) is 2.70. The van der Waals surface area contributed by atoms with E-state index in [-0.39, 0.29) is 5.41 Å². The maximum Gasteiger partial charge on any atom is 0.244 e. The van der Waals surface area contributed by atoms with Crippen molar-refractivity contribution in [3.63, 3.8) is 0 Å². The molecule has 0 aliphatic carbocycles. The van der Waals surface area contributed by atoms with E-state index in [0.29, 0.717) is 24.5 Å². The van der Waals surface area contributed by atoms with Gasteiger partial charge >= 0.3 is 0 Å². The summed E-state index contributed by atoms with van der Waals surface area (Å²) in [4.78, 5) is 0.357. The third-order valence-corrected chi connectivity index (χ3v) is 5.87. The number of piperidine rings is 1. The second kappa shape index (κ2) is 4.92. The summed E-state index contributed by atoms with van der Waals surface area (Å²) in [6.45, 7) is 5.92. The third-order valence-electron chi connectivity index (χ3n) is 4.01. The zero-order chi connectivity index (χ0) is 14.3. The van der Waals surface area contributed by atoms with E-state index in [9.17, 15) is 8.42 Å². The van der Waals surface area contributed by atoms with E-state index in [2.05, 4.69) is 13.8 Å². The molecule has 1 fully saturated rings. The Morgan fingerprint density at radius 2 is 1.89 bits per heavy atom. The van der Waals surface area contributed by atoms with Gasteiger partial charge in [0.1, 0.15) is 4.90 Å². The fourth-order valence-electron chi connectivity index (χ4n) is 2.40. The van der Waals surface area contributed by atoms with Gasteiger partial charge < -0.3 is 10.3 Å². The van der Waals surface area contributed by atoms with Crippen molar-refractivity contribution >= 4 is 10.0 Å². The maximum atomic E-state index is 12.6. The highest BCUT2D eigenvalue weighted by molar-refractivity contribution is 7.89. The van der Waals surface area contributed by atoms with E-state index in [1.807, 2.05) is 7.05 Å². The summed E-state index contributed by atoms with van der Waals surface area (Å²) in [7, 11) is -1.55. The third kappa shape index (κ3) is 2.85. The first kappa shape index (κ1) is 14.6. The van der Waals surface area contributed by atoms with Crippen molar-refractivity contribution in [1.29, 1.82) is 0 Å². The first-order chi connectivity index (χ1) is 8.76. The summed E-state index contributed by atoms with van der Waals surface area (Å²) >= 11 is 0. The molecule has 108 valence electrons. The monoisotopic (exact) mass is 285 g/mol. The van der Waals surface area contributed by atoms with Gasteiger partial charge in [0.15, 0.2) is 0 Å². The van der Waals surface area contributed by atoms with E-state index >= 15 is 0 Å². The second-order valence-corrected chi connectivity index (χ2v) is 7.99. The van der Waals surface area contributed by atoms with Gasteiger partial charge in [-0.25, -0.2) is 8.42 Å². The molecule has 0 spiro atoms. The quantitative estimate of drug-likeness (QED) is 0.910. The zero-order valence-corrected chi connectivity index (χ0v) is 12.7. The maximum absolute atomic E-state index is 12.6. The molecule has 0 saturated carbocycles. The number of aromatic nitrogens is 1. The Morgan fingerprint density at radius 3 is 2.37 bits per heavy atom. The molecular weight excluding hydrogens is 262 g/mol. The molecule has 0 bridgehead atoms. The summed E-state index contributed by atoms with van der Waals surface area (Å²) in [5.74, 6) is 0. The van der Waals surface area contributed by atoms with E-state index in [1.165, 1.54) is 0 Å². The molecule has 1 aliphatic rings. The highest BCUT2D eigenvalue weighted by Crippen LogP contribution is 2.32. The molecule has 0 aromatic carbocycles. The Morgan fingerprint density at radius 1 is 1.32 bits per heavy atom. The number of hydrogen-bond donors (Lipinski definition) is 1. The lowest BCUT2D eigenvalue weighted by Gasteiger charge is -2.35. The molecule has 0 unspecified atom stereocenters. The van der Waals surface area contributed by atoms with Crippen LogP contribution in [0.3, 0.4) is 0 Å². The van der Waals surface area contributed by atoms with Gasteiger partial charge in [-0.2, -0.15) is 4.31 Å². The zero-order valence-electron chi connectivity index (χ0n) is 11.9. The molecule has 1 aromatic heterocycles. The van der Waals surface area contributed by atoms with Crippen LogP contribution in [0.1, 0.15) is 32.4 Å². The minimum absolute atomic E-state index is 0.241. The SMILES string of the molecule is Cn1cc(S(=O)(=O)N2CCC(C)(C)CC2)cc1CN. The minimum Gasteiger partial charge on any atom is -0.352 e. The molecule has 0 atom stereocenters. The molecule has 0 amide bonds. The molecule has 19 heavy (non-hydrogen) atoms. The van der Waals surface area contributed by atoms with Gasteiger partial charge in [-0.1, -0.05) is 13.8 Å². The van der Waals surface area contributed by atoms with Crippen LogP contribution in [-0.4, -0.2) is 30.4 Å². The molecule has 2 heterocycles. The van der Waals surface area contributed by atoms with Gasteiger partial charge in [0.2, 0.25) is 10.0 Å². The van der Waals surface area contributed by atoms with E-state index in [1.54, 1.807) is 21.1 Å². The Labute approximate surface area is 115 Å². The largest absolute Gasteiger partial charge is 0.352 e. The molecule has 1 aromatic rings. The molecule has 1 saturated heterocycles. The molecule has 5 nitrogen and oxygen atoms in total. The van der Waals surface area contributed by atoms with Crippen molar-refractivity contribution in [2.24, 2.45) is 18.2 Å². The van der Waals surface area contributed by atoms with Crippen molar-refractivity contribution < 1.29 is 8.42 Å². The summed E-state index contributed by atoms with van der Waals surface area (Å²) in [5, 5.41) is 0. The van der Waals surface area contributed by atoms with E-state index in [0.717, 1.165) is 18.5 Å². The van der Waals surface area contributed by atoms with Gasteiger partial charge in [-0.05, 0) is 24.3 Å². The van der Waals surface area contributed by atoms with Crippen molar-refractivity contribution in [2.75, 3.05) is 13.1 Å². The van der Waals surface area contributed by atoms with Crippen LogP contribution in [0.15, 0.2) is 17.2 Å². The van der Waals surface area contributed by atoms with Crippen LogP contribution in [0.5, 0.6) is 0 Å². The number of nitrogens with zero attached hydrogens (tertiary/aromatic N) is 2. The average molecular weight is 285 g/mol. The van der Waals surface area contributed by atoms with E-state index in [4.69, 9.17) is 5.73 Å². The summed E-state index contributed by atoms with van der Waals surface area (Å²) in [6.07, 6.45) is 3.46. The first-order valence-electron chi connectivity index (χ1n) is 6.62. The topological polar surface area (TPSA) is 68.3 Å². The summed E-state index contributed by atoms with van der Waals surface area (Å²) < 4.78 is 28.5. The molecule has 6 heteroatoms. The first-order valence-corrected chi connectivity index (χ1v) is 8.06. The second-order valence-electron chi connectivity index (χ2n) is 6.05. The lowest BCUT2D eigenvalue weighted by Crippen LogP contribution is -2.40. The number of sulfonamides is 1. The minimum atomic E-state index is -3.37. The Balaban J connectivity index is 2.23. The Kier molecular flexibility index (Phi) is 3.77. The molecule has 0 radical (unpaired) electrons. The van der Waals surface area contributed by atoms with Gasteiger partial charge in [0.05, 0.1) is 0 Å². The van der Waals surface area contributed by atoms with Crippen LogP contribution >= 0.6 is 0 Å². The Hall–Kier alpha value is -0.850. The smallest absolute Gasteiger partial charge is 0.244 e. The van der Waals surface area contributed by atoms with Crippen LogP contribution in [-0.2, 0) is 23.6 Å². The van der Waals surface area contributed by atoms with Crippen LogP contribution < -0.4 is 5.73 Å². The van der Waals surface area contributed by atoms with Crippen molar-refractivity contribution in [2.45, 2.75) is 38.1 Å². The molecular formula is C13H23N3O2S. The predicted molar refractivity (Wildman–Crippen MR) is 75.1 cm³/mol. The van der Waals surface area contributed by atoms with Gasteiger partial charge in [-0.3, -0.25) is 0 Å². The predicted octanol–water partition coefficient (Wildman–Crippen LogP) is 1.29. The van der Waals surface area contributed by atoms with Crippen LogP contribution in [0, 0.1) is 5.41 Å². The Bertz CT molecular complexity index is 550. The van der Waals surface area contributed by atoms with Crippen LogP contribution in [0.2, 0.25) is 0 Å². The fourth-order valence-corrected chi connectivity index (χ4v) is 3.94. The highest BCUT2D eigenvalue weighted by Gasteiger charge is 2.33. The van der Waals surface area contributed by atoms with Crippen LogP contribution in [0.4, 0.5) is 0 Å². The fraction of sp³-hybridized carbons (Fsp3) is 0.692. The van der Waals surface area contributed by atoms with Crippen molar-refractivity contribution in [3.8, 4) is 0 Å². The molecule has 1 aliphatic heterocycles. The lowest BCUT2D eigenvalue weighted by atomic mass is 9.83. The standard InChI is InChI=1S/C13H23N3O2S/c1-13(2)4-6-16(7-5-13)19(17,18)12-8-11(9-14)15(3)10-12/h8,10H,4-7,9,14H2,1-3H3. The normalized spacial score (nSPS) is 20.6. The van der Waals surface area contributed by atoms with Crippen molar-refractivity contribution in [1.82, 2.24) is 8.87 Å².